The van der Waals surface area contributed by atoms with Gasteiger partial charge in [0.25, 0.3) is 0 Å². The molecule has 2 saturated heterocycles. The first-order valence-corrected chi connectivity index (χ1v) is 11.8. The van der Waals surface area contributed by atoms with Gasteiger partial charge >= 0.3 is 0 Å². The summed E-state index contributed by atoms with van der Waals surface area (Å²) in [6, 6.07) is 4.60. The number of rotatable bonds is 0. The Morgan fingerprint density at radius 1 is 0.741 bits per heavy atom. The van der Waals surface area contributed by atoms with E-state index in [0.29, 0.717) is 0 Å². The Morgan fingerprint density at radius 3 is 1.56 bits per heavy atom. The molecule has 4 aliphatic rings. The molecule has 0 radical (unpaired) electrons. The van der Waals surface area contributed by atoms with Crippen molar-refractivity contribution >= 4 is 22.7 Å². The van der Waals surface area contributed by atoms with Crippen LogP contribution in [0, 0.1) is 0 Å². The molecule has 4 aliphatic heterocycles. The summed E-state index contributed by atoms with van der Waals surface area (Å²) in [5, 5.41) is 4.48. The zero-order valence-electron chi connectivity index (χ0n) is 16.0. The highest BCUT2D eigenvalue weighted by Crippen LogP contribution is 2.65. The number of fused-ring (bicyclic) bond motifs is 6. The van der Waals surface area contributed by atoms with Crippen molar-refractivity contribution in [2.75, 3.05) is 40.3 Å². The molecule has 0 unspecified atom stereocenters. The van der Waals surface area contributed by atoms with Crippen LogP contribution in [0.3, 0.4) is 0 Å². The largest absolute Gasteiger partial charge is 0.329 e. The second kappa shape index (κ2) is 5.65. The van der Waals surface area contributed by atoms with Crippen molar-refractivity contribution in [2.45, 2.75) is 42.7 Å². The fraction of sp³-hybridized carbons (Fsp3) is 0.619. The van der Waals surface area contributed by atoms with Gasteiger partial charge in [-0.15, -0.1) is 22.7 Å². The smallest absolute Gasteiger partial charge is 0.243 e. The summed E-state index contributed by atoms with van der Waals surface area (Å²) in [6.07, 6.45) is 4.20. The van der Waals surface area contributed by atoms with Crippen LogP contribution in [0.15, 0.2) is 22.9 Å². The van der Waals surface area contributed by atoms with Gasteiger partial charge in [-0.05, 0) is 62.7 Å². The molecule has 6 rings (SSSR count). The van der Waals surface area contributed by atoms with Crippen LogP contribution in [0.5, 0.6) is 0 Å². The second-order valence-electron chi connectivity index (χ2n) is 8.74. The van der Waals surface area contributed by atoms with Crippen LogP contribution in [-0.4, -0.2) is 50.1 Å². The van der Waals surface area contributed by atoms with Gasteiger partial charge in [-0.2, -0.15) is 0 Å². The monoisotopic (exact) mass is 402 g/mol. The van der Waals surface area contributed by atoms with E-state index in [1.165, 1.54) is 20.9 Å². The molecule has 0 aromatic carbocycles. The molecule has 0 aliphatic carbocycles. The van der Waals surface area contributed by atoms with Crippen LogP contribution < -0.4 is 0 Å². The Balaban J connectivity index is 1.47. The van der Waals surface area contributed by atoms with Crippen molar-refractivity contribution in [3.05, 3.63) is 43.8 Å². The van der Waals surface area contributed by atoms with Crippen molar-refractivity contribution in [3.63, 3.8) is 0 Å². The minimum atomic E-state index is -0.668. The van der Waals surface area contributed by atoms with Gasteiger partial charge in [0.2, 0.25) is 5.79 Å². The fourth-order valence-corrected chi connectivity index (χ4v) is 7.71. The van der Waals surface area contributed by atoms with E-state index in [1.807, 2.05) is 22.7 Å². The van der Waals surface area contributed by atoms with Crippen LogP contribution in [0.1, 0.15) is 46.6 Å². The molecular weight excluding hydrogens is 376 g/mol. The Bertz CT molecular complexity index is 800. The third kappa shape index (κ3) is 2.17. The zero-order chi connectivity index (χ0) is 18.3. The molecule has 0 bridgehead atoms. The fourth-order valence-electron chi connectivity index (χ4n) is 5.52. The molecule has 0 atom stereocenters. The highest BCUT2D eigenvalue weighted by molar-refractivity contribution is 7.12. The number of piperidine rings is 2. The topological polar surface area (TPSA) is 24.9 Å². The van der Waals surface area contributed by atoms with Crippen LogP contribution in [0.4, 0.5) is 0 Å². The van der Waals surface area contributed by atoms with E-state index in [4.69, 9.17) is 9.47 Å². The van der Waals surface area contributed by atoms with Gasteiger partial charge in [0.05, 0.1) is 9.75 Å². The van der Waals surface area contributed by atoms with E-state index in [9.17, 15) is 0 Å². The van der Waals surface area contributed by atoms with Crippen LogP contribution in [0.25, 0.3) is 0 Å². The van der Waals surface area contributed by atoms with Gasteiger partial charge in [0.15, 0.2) is 0 Å². The maximum absolute atomic E-state index is 7.09. The highest BCUT2D eigenvalue weighted by atomic mass is 32.1. The molecule has 0 saturated carbocycles. The molecule has 6 heteroatoms. The van der Waals surface area contributed by atoms with Crippen LogP contribution >= 0.6 is 22.7 Å². The van der Waals surface area contributed by atoms with Crippen LogP contribution in [-0.2, 0) is 26.5 Å². The molecule has 0 N–H and O–H groups in total. The molecule has 2 aromatic rings. The quantitative estimate of drug-likeness (QED) is 0.667. The second-order valence-corrected chi connectivity index (χ2v) is 10.6. The number of ether oxygens (including phenoxy) is 2. The van der Waals surface area contributed by atoms with E-state index < -0.39 is 5.79 Å². The summed E-state index contributed by atoms with van der Waals surface area (Å²) < 4.78 is 14.2. The summed E-state index contributed by atoms with van der Waals surface area (Å²) >= 11 is 3.65. The van der Waals surface area contributed by atoms with E-state index >= 15 is 0 Å². The van der Waals surface area contributed by atoms with Crippen LogP contribution in [0.2, 0.25) is 0 Å². The van der Waals surface area contributed by atoms with Crippen molar-refractivity contribution < 1.29 is 9.47 Å². The van der Waals surface area contributed by atoms with E-state index in [1.54, 1.807) is 0 Å². The number of thiophene rings is 2. The lowest BCUT2D eigenvalue weighted by Crippen LogP contribution is -2.45. The molecule has 2 aromatic heterocycles. The number of hydrogen-bond donors (Lipinski definition) is 0. The van der Waals surface area contributed by atoms with Gasteiger partial charge in [-0.3, -0.25) is 0 Å². The number of likely N-dealkylation sites (tertiary alicyclic amines) is 2. The highest BCUT2D eigenvalue weighted by Gasteiger charge is 2.65. The molecule has 3 spiro atoms. The maximum atomic E-state index is 7.09. The van der Waals surface area contributed by atoms with Gasteiger partial charge in [0, 0.05) is 37.3 Å². The zero-order valence-corrected chi connectivity index (χ0v) is 17.6. The van der Waals surface area contributed by atoms with E-state index in [0.717, 1.165) is 51.9 Å². The Labute approximate surface area is 168 Å². The molecule has 4 nitrogen and oxygen atoms in total. The predicted octanol–water partition coefficient (Wildman–Crippen LogP) is 3.91. The van der Waals surface area contributed by atoms with E-state index in [-0.39, 0.29) is 11.2 Å². The number of hydrogen-bond acceptors (Lipinski definition) is 6. The Kier molecular flexibility index (Phi) is 3.58. The molecule has 6 heterocycles. The minimum absolute atomic E-state index is 0.180. The van der Waals surface area contributed by atoms with Gasteiger partial charge in [-0.25, -0.2) is 0 Å². The summed E-state index contributed by atoms with van der Waals surface area (Å²) in [4.78, 5) is 7.45. The first-order chi connectivity index (χ1) is 13.1. The molecule has 0 amide bonds. The van der Waals surface area contributed by atoms with Gasteiger partial charge in [-0.1, -0.05) is 0 Å². The molecule has 27 heavy (non-hydrogen) atoms. The minimum Gasteiger partial charge on any atom is -0.329 e. The van der Waals surface area contributed by atoms with E-state index in [2.05, 4.69) is 46.8 Å². The summed E-state index contributed by atoms with van der Waals surface area (Å²) in [6.45, 7) is 4.33. The average Bonchev–Trinajstić information content (AvgIpc) is 3.41. The Hall–Kier alpha value is -0.760. The molecular formula is C21H26N2O2S2. The average molecular weight is 403 g/mol. The Morgan fingerprint density at radius 2 is 1.15 bits per heavy atom. The third-order valence-electron chi connectivity index (χ3n) is 7.18. The summed E-state index contributed by atoms with van der Waals surface area (Å²) in [5.74, 6) is -0.668. The standard InChI is InChI=1S/C21H26N2O2S2/c1-22-9-5-19(6-10-22)15-3-13-26-17(15)21(24-19)18-16(4-14-27-18)20(25-21)7-11-23(2)12-8-20/h3-4,13-14H,5-12H2,1-2H3. The molecule has 144 valence electrons. The lowest BCUT2D eigenvalue weighted by atomic mass is 9.85. The van der Waals surface area contributed by atoms with Crippen molar-refractivity contribution in [1.82, 2.24) is 9.80 Å². The van der Waals surface area contributed by atoms with Gasteiger partial charge < -0.3 is 19.3 Å². The third-order valence-corrected chi connectivity index (χ3v) is 9.17. The van der Waals surface area contributed by atoms with Crippen molar-refractivity contribution in [1.29, 1.82) is 0 Å². The first-order valence-electron chi connectivity index (χ1n) is 10.0. The first kappa shape index (κ1) is 17.1. The SMILES string of the molecule is CN1CCC2(CC1)OC1(OC3(CCN(C)CC3)c3ccsc31)c1sccc12. The predicted molar refractivity (Wildman–Crippen MR) is 108 cm³/mol. The van der Waals surface area contributed by atoms with Crippen molar-refractivity contribution in [2.24, 2.45) is 0 Å². The van der Waals surface area contributed by atoms with Crippen molar-refractivity contribution in [3.8, 4) is 0 Å². The lowest BCUT2D eigenvalue weighted by Gasteiger charge is -2.42. The normalized spacial score (nSPS) is 28.2. The van der Waals surface area contributed by atoms with Gasteiger partial charge in [0.1, 0.15) is 11.2 Å². The summed E-state index contributed by atoms with van der Waals surface area (Å²) in [7, 11) is 4.42. The number of nitrogens with zero attached hydrogens (tertiary/aromatic N) is 2. The lowest BCUT2D eigenvalue weighted by molar-refractivity contribution is -0.300. The summed E-state index contributed by atoms with van der Waals surface area (Å²) in [5.41, 5.74) is 2.43. The maximum Gasteiger partial charge on any atom is 0.243 e. The molecule has 2 fully saturated rings.